The van der Waals surface area contributed by atoms with Crippen LogP contribution in [0.1, 0.15) is 27.3 Å². The molecule has 1 aliphatic heterocycles. The molecule has 1 aliphatic rings. The first-order chi connectivity index (χ1) is 14.4. The normalized spacial score (nSPS) is 15.0. The zero-order chi connectivity index (χ0) is 21.4. The molecule has 2 heterocycles. The number of hydrogen-bond acceptors (Lipinski definition) is 3. The summed E-state index contributed by atoms with van der Waals surface area (Å²) in [5, 5.41) is 10.5. The van der Waals surface area contributed by atoms with Gasteiger partial charge in [0.25, 0.3) is 11.8 Å². The fourth-order valence-corrected chi connectivity index (χ4v) is 3.58. The van der Waals surface area contributed by atoms with E-state index in [0.717, 1.165) is 11.4 Å². The Hall–Kier alpha value is -4.13. The first-order valence-electron chi connectivity index (χ1n) is 9.31. The lowest BCUT2D eigenvalue weighted by atomic mass is 10.1. The molecule has 0 unspecified atom stereocenters. The van der Waals surface area contributed by atoms with Crippen molar-refractivity contribution >= 4 is 29.5 Å². The van der Waals surface area contributed by atoms with Gasteiger partial charge in [-0.25, -0.2) is 9.80 Å². The summed E-state index contributed by atoms with van der Waals surface area (Å²) in [5.41, 5.74) is 6.44. The molecule has 0 spiro atoms. The van der Waals surface area contributed by atoms with Gasteiger partial charge >= 0.3 is 5.97 Å². The molecule has 30 heavy (non-hydrogen) atoms. The van der Waals surface area contributed by atoms with Crippen LogP contribution in [0.2, 0.25) is 0 Å². The molecule has 7 nitrogen and oxygen atoms in total. The number of aromatic nitrogens is 1. The summed E-state index contributed by atoms with van der Waals surface area (Å²) < 4.78 is 1.89. The van der Waals surface area contributed by atoms with Crippen LogP contribution in [0.15, 0.2) is 66.2 Å². The van der Waals surface area contributed by atoms with Crippen molar-refractivity contribution in [3.63, 3.8) is 0 Å². The maximum Gasteiger partial charge on any atom is 0.335 e. The maximum atomic E-state index is 12.8. The number of anilines is 1. The number of rotatable bonds is 4. The number of benzene rings is 2. The van der Waals surface area contributed by atoms with Gasteiger partial charge in [0, 0.05) is 17.1 Å². The van der Waals surface area contributed by atoms with E-state index in [1.807, 2.05) is 36.6 Å². The molecule has 0 aliphatic carbocycles. The van der Waals surface area contributed by atoms with E-state index in [4.69, 9.17) is 0 Å². The number of amides is 2. The molecule has 0 radical (unpaired) electrons. The lowest BCUT2D eigenvalue weighted by Crippen LogP contribution is -2.35. The van der Waals surface area contributed by atoms with Gasteiger partial charge in [-0.1, -0.05) is 24.3 Å². The Morgan fingerprint density at radius 1 is 0.967 bits per heavy atom. The van der Waals surface area contributed by atoms with Crippen LogP contribution in [-0.4, -0.2) is 27.5 Å². The van der Waals surface area contributed by atoms with Crippen molar-refractivity contribution in [3.8, 4) is 5.69 Å². The van der Waals surface area contributed by atoms with Gasteiger partial charge in [-0.15, -0.1) is 0 Å². The van der Waals surface area contributed by atoms with Crippen molar-refractivity contribution in [2.75, 3.05) is 5.01 Å². The molecule has 0 atom stereocenters. The highest BCUT2D eigenvalue weighted by atomic mass is 16.4. The van der Waals surface area contributed by atoms with Crippen LogP contribution in [0.4, 0.5) is 5.69 Å². The Bertz CT molecular complexity index is 1210. The van der Waals surface area contributed by atoms with E-state index in [0.29, 0.717) is 16.9 Å². The zero-order valence-electron chi connectivity index (χ0n) is 16.4. The summed E-state index contributed by atoms with van der Waals surface area (Å²) in [4.78, 5) is 36.6. The van der Waals surface area contributed by atoms with Crippen LogP contribution < -0.4 is 10.4 Å². The van der Waals surface area contributed by atoms with Gasteiger partial charge in [0.05, 0.1) is 11.3 Å². The predicted molar refractivity (Wildman–Crippen MR) is 112 cm³/mol. The standard InChI is InChI=1S/C23H19N3O4/c1-14-11-17(15(2)25(14)19-10-6-7-16(12-19)23(29)30)13-20-21(27)24-26(22(20)28)18-8-4-3-5-9-18/h3-13H,1-2H3,(H,24,27)(H,29,30). The van der Waals surface area contributed by atoms with Gasteiger partial charge in [0.2, 0.25) is 0 Å². The highest BCUT2D eigenvalue weighted by molar-refractivity contribution is 6.31. The fourth-order valence-electron chi connectivity index (χ4n) is 3.58. The van der Waals surface area contributed by atoms with Crippen molar-refractivity contribution in [2.45, 2.75) is 13.8 Å². The molecule has 2 amide bonds. The number of carbonyl (C=O) groups is 3. The van der Waals surface area contributed by atoms with Crippen LogP contribution in [0.3, 0.4) is 0 Å². The molecule has 0 bridgehead atoms. The number of carbonyl (C=O) groups excluding carboxylic acids is 2. The topological polar surface area (TPSA) is 91.6 Å². The first kappa shape index (κ1) is 19.2. The molecule has 7 heteroatoms. The van der Waals surface area contributed by atoms with E-state index >= 15 is 0 Å². The number of nitrogens with zero attached hydrogens (tertiary/aromatic N) is 2. The largest absolute Gasteiger partial charge is 0.478 e. The maximum absolute atomic E-state index is 12.8. The molecule has 1 fully saturated rings. The SMILES string of the molecule is Cc1cc(C=C2C(=O)NN(c3ccccc3)C2=O)c(C)n1-c1cccc(C(=O)O)c1. The first-order valence-corrected chi connectivity index (χ1v) is 9.31. The van der Waals surface area contributed by atoms with Gasteiger partial charge in [0.15, 0.2) is 0 Å². The van der Waals surface area contributed by atoms with E-state index in [1.54, 1.807) is 42.5 Å². The molecule has 1 aromatic heterocycles. The Kier molecular flexibility index (Phi) is 4.71. The van der Waals surface area contributed by atoms with Crippen LogP contribution >= 0.6 is 0 Å². The zero-order valence-corrected chi connectivity index (χ0v) is 16.4. The highest BCUT2D eigenvalue weighted by Crippen LogP contribution is 2.26. The Balaban J connectivity index is 1.73. The molecule has 0 saturated carbocycles. The fraction of sp³-hybridized carbons (Fsp3) is 0.0870. The smallest absolute Gasteiger partial charge is 0.335 e. The van der Waals surface area contributed by atoms with Crippen LogP contribution in [0.25, 0.3) is 11.8 Å². The van der Waals surface area contributed by atoms with Crippen molar-refractivity contribution in [1.29, 1.82) is 0 Å². The Labute approximate surface area is 172 Å². The summed E-state index contributed by atoms with van der Waals surface area (Å²) in [5.74, 6) is -1.90. The van der Waals surface area contributed by atoms with Gasteiger partial charge in [-0.3, -0.25) is 15.0 Å². The minimum absolute atomic E-state index is 0.0402. The second-order valence-electron chi connectivity index (χ2n) is 6.99. The third kappa shape index (κ3) is 3.26. The average Bonchev–Trinajstić information content (AvgIpc) is 3.18. The molecule has 3 aromatic rings. The van der Waals surface area contributed by atoms with Crippen LogP contribution in [0.5, 0.6) is 0 Å². The predicted octanol–water partition coefficient (Wildman–Crippen LogP) is 3.25. The van der Waals surface area contributed by atoms with E-state index in [9.17, 15) is 19.5 Å². The number of carboxylic acid groups (broad SMARTS) is 1. The summed E-state index contributed by atoms with van der Waals surface area (Å²) >= 11 is 0. The molecule has 2 aromatic carbocycles. The molecule has 1 saturated heterocycles. The summed E-state index contributed by atoms with van der Waals surface area (Å²) in [6.45, 7) is 3.74. The summed E-state index contributed by atoms with van der Waals surface area (Å²) in [6.07, 6.45) is 1.57. The van der Waals surface area contributed by atoms with Crippen LogP contribution in [0, 0.1) is 13.8 Å². The van der Waals surface area contributed by atoms with E-state index < -0.39 is 17.8 Å². The van der Waals surface area contributed by atoms with Gasteiger partial charge in [-0.2, -0.15) is 0 Å². The Morgan fingerprint density at radius 2 is 1.67 bits per heavy atom. The lowest BCUT2D eigenvalue weighted by molar-refractivity contribution is -0.117. The van der Waals surface area contributed by atoms with Crippen molar-refractivity contribution in [2.24, 2.45) is 0 Å². The number of aromatic carboxylic acids is 1. The van der Waals surface area contributed by atoms with E-state index in [-0.39, 0.29) is 11.1 Å². The second kappa shape index (κ2) is 7.36. The minimum Gasteiger partial charge on any atom is -0.478 e. The molecule has 2 N–H and O–H groups in total. The van der Waals surface area contributed by atoms with Crippen molar-refractivity contribution in [3.05, 3.63) is 88.8 Å². The van der Waals surface area contributed by atoms with Crippen molar-refractivity contribution in [1.82, 2.24) is 9.99 Å². The second-order valence-corrected chi connectivity index (χ2v) is 6.99. The molecular weight excluding hydrogens is 382 g/mol. The number of para-hydroxylation sites is 1. The number of nitrogens with one attached hydrogen (secondary N) is 1. The summed E-state index contributed by atoms with van der Waals surface area (Å²) in [6, 6.07) is 17.4. The molecular formula is C23H19N3O4. The van der Waals surface area contributed by atoms with Gasteiger partial charge < -0.3 is 9.67 Å². The van der Waals surface area contributed by atoms with Crippen LogP contribution in [-0.2, 0) is 9.59 Å². The molecule has 4 rings (SSSR count). The lowest BCUT2D eigenvalue weighted by Gasteiger charge is -2.13. The quantitative estimate of drug-likeness (QED) is 0.519. The Morgan fingerprint density at radius 3 is 2.37 bits per heavy atom. The minimum atomic E-state index is -1.00. The number of hydrazine groups is 1. The number of aryl methyl sites for hydroxylation is 1. The van der Waals surface area contributed by atoms with E-state index in [2.05, 4.69) is 5.43 Å². The average molecular weight is 401 g/mol. The van der Waals surface area contributed by atoms with Gasteiger partial charge in [-0.05, 0) is 61.9 Å². The van der Waals surface area contributed by atoms with Crippen molar-refractivity contribution < 1.29 is 19.5 Å². The number of carboxylic acids is 1. The monoisotopic (exact) mass is 401 g/mol. The molecule has 150 valence electrons. The highest BCUT2D eigenvalue weighted by Gasteiger charge is 2.34. The number of hydrogen-bond donors (Lipinski definition) is 2. The van der Waals surface area contributed by atoms with Gasteiger partial charge in [0.1, 0.15) is 5.57 Å². The summed E-state index contributed by atoms with van der Waals surface area (Å²) in [7, 11) is 0. The third-order valence-electron chi connectivity index (χ3n) is 5.03. The van der Waals surface area contributed by atoms with E-state index in [1.165, 1.54) is 11.1 Å². The third-order valence-corrected chi connectivity index (χ3v) is 5.03.